The van der Waals surface area contributed by atoms with Gasteiger partial charge in [0.2, 0.25) is 0 Å². The van der Waals surface area contributed by atoms with Gasteiger partial charge in [0.15, 0.2) is 5.15 Å². The van der Waals surface area contributed by atoms with E-state index in [0.717, 1.165) is 34.5 Å². The standard InChI is InChI=1S/C10H7Cl2N3/c11-8-3-1-2-6-7(8)4-15-9(6)10(12)13-5-14-15/h3-5H,1-2H2. The summed E-state index contributed by atoms with van der Waals surface area (Å²) in [4.78, 5) is 3.98. The van der Waals surface area contributed by atoms with Gasteiger partial charge < -0.3 is 0 Å². The van der Waals surface area contributed by atoms with Crippen LogP contribution in [0.1, 0.15) is 17.5 Å². The highest BCUT2D eigenvalue weighted by molar-refractivity contribution is 6.49. The van der Waals surface area contributed by atoms with Crippen LogP contribution in [0.5, 0.6) is 0 Å². The van der Waals surface area contributed by atoms with Crippen molar-refractivity contribution in [2.24, 2.45) is 0 Å². The fourth-order valence-electron chi connectivity index (χ4n) is 1.95. The van der Waals surface area contributed by atoms with Crippen molar-refractivity contribution in [2.75, 3.05) is 0 Å². The second-order valence-electron chi connectivity index (χ2n) is 3.46. The van der Waals surface area contributed by atoms with Gasteiger partial charge >= 0.3 is 0 Å². The molecule has 0 aromatic carbocycles. The number of aryl methyl sites for hydroxylation is 1. The molecule has 15 heavy (non-hydrogen) atoms. The molecule has 0 N–H and O–H groups in total. The van der Waals surface area contributed by atoms with E-state index in [1.807, 2.05) is 12.3 Å². The number of aromatic nitrogens is 3. The molecule has 2 aromatic rings. The Morgan fingerprint density at radius 3 is 3.07 bits per heavy atom. The molecule has 2 aromatic heterocycles. The van der Waals surface area contributed by atoms with Crippen LogP contribution in [-0.2, 0) is 6.42 Å². The third-order valence-corrected chi connectivity index (χ3v) is 3.24. The number of allylic oxidation sites excluding steroid dienone is 1. The van der Waals surface area contributed by atoms with Gasteiger partial charge in [-0.25, -0.2) is 9.50 Å². The summed E-state index contributed by atoms with van der Waals surface area (Å²) in [5.74, 6) is 0. The van der Waals surface area contributed by atoms with Crippen LogP contribution in [0.3, 0.4) is 0 Å². The summed E-state index contributed by atoms with van der Waals surface area (Å²) in [5.41, 5.74) is 3.04. The van der Waals surface area contributed by atoms with Gasteiger partial charge in [-0.3, -0.25) is 0 Å². The van der Waals surface area contributed by atoms with E-state index < -0.39 is 0 Å². The maximum absolute atomic E-state index is 6.13. The summed E-state index contributed by atoms with van der Waals surface area (Å²) in [6, 6.07) is 0. The predicted molar refractivity (Wildman–Crippen MR) is 60.1 cm³/mol. The first-order chi connectivity index (χ1) is 7.27. The Morgan fingerprint density at radius 2 is 2.20 bits per heavy atom. The fraction of sp³-hybridized carbons (Fsp3) is 0.200. The predicted octanol–water partition coefficient (Wildman–Crippen LogP) is 2.91. The van der Waals surface area contributed by atoms with Gasteiger partial charge in [0.25, 0.3) is 0 Å². The molecule has 76 valence electrons. The highest BCUT2D eigenvalue weighted by atomic mass is 35.5. The summed E-state index contributed by atoms with van der Waals surface area (Å²) in [7, 11) is 0. The summed E-state index contributed by atoms with van der Waals surface area (Å²) in [6.45, 7) is 0. The zero-order chi connectivity index (χ0) is 10.4. The minimum Gasteiger partial charge on any atom is -0.235 e. The zero-order valence-electron chi connectivity index (χ0n) is 7.74. The third kappa shape index (κ3) is 1.27. The summed E-state index contributed by atoms with van der Waals surface area (Å²) in [5, 5.41) is 5.38. The molecule has 3 rings (SSSR count). The number of hydrogen-bond donors (Lipinski definition) is 0. The SMILES string of the molecule is ClC1=CCCc2c1cn1ncnc(Cl)c21. The van der Waals surface area contributed by atoms with Crippen molar-refractivity contribution in [3.05, 3.63) is 34.9 Å². The molecule has 0 fully saturated rings. The van der Waals surface area contributed by atoms with Gasteiger partial charge in [-0.2, -0.15) is 5.10 Å². The van der Waals surface area contributed by atoms with Crippen LogP contribution in [0.25, 0.3) is 10.5 Å². The normalized spacial score (nSPS) is 15.2. The Labute approximate surface area is 96.3 Å². The van der Waals surface area contributed by atoms with E-state index in [1.54, 1.807) is 4.52 Å². The minimum absolute atomic E-state index is 0.484. The number of nitrogens with zero attached hydrogens (tertiary/aromatic N) is 3. The Bertz CT molecular complexity index is 571. The molecular weight excluding hydrogens is 233 g/mol. The number of hydrogen-bond acceptors (Lipinski definition) is 2. The fourth-order valence-corrected chi connectivity index (χ4v) is 2.46. The van der Waals surface area contributed by atoms with Gasteiger partial charge in [0.05, 0.1) is 0 Å². The molecule has 1 aliphatic carbocycles. The highest BCUT2D eigenvalue weighted by Gasteiger charge is 2.18. The third-order valence-electron chi connectivity index (χ3n) is 2.61. The topological polar surface area (TPSA) is 30.2 Å². The average molecular weight is 240 g/mol. The smallest absolute Gasteiger partial charge is 0.156 e. The van der Waals surface area contributed by atoms with Crippen molar-refractivity contribution >= 4 is 33.8 Å². The Kier molecular flexibility index (Phi) is 1.97. The van der Waals surface area contributed by atoms with Crippen LogP contribution in [0.2, 0.25) is 5.15 Å². The van der Waals surface area contributed by atoms with E-state index in [-0.39, 0.29) is 0 Å². The molecule has 0 atom stereocenters. The van der Waals surface area contributed by atoms with Gasteiger partial charge in [-0.05, 0) is 18.4 Å². The molecule has 0 aliphatic heterocycles. The van der Waals surface area contributed by atoms with Crippen molar-refractivity contribution in [3.8, 4) is 0 Å². The number of fused-ring (bicyclic) bond motifs is 3. The number of rotatable bonds is 0. The second kappa shape index (κ2) is 3.22. The van der Waals surface area contributed by atoms with E-state index in [4.69, 9.17) is 23.2 Å². The van der Waals surface area contributed by atoms with Crippen LogP contribution >= 0.6 is 23.2 Å². The molecule has 2 heterocycles. The molecule has 1 aliphatic rings. The lowest BCUT2D eigenvalue weighted by atomic mass is 10.0. The molecule has 0 amide bonds. The van der Waals surface area contributed by atoms with Gasteiger partial charge in [-0.15, -0.1) is 0 Å². The zero-order valence-corrected chi connectivity index (χ0v) is 9.26. The maximum Gasteiger partial charge on any atom is 0.156 e. The average Bonchev–Trinajstić information content (AvgIpc) is 2.59. The van der Waals surface area contributed by atoms with Crippen molar-refractivity contribution in [3.63, 3.8) is 0 Å². The van der Waals surface area contributed by atoms with E-state index in [9.17, 15) is 0 Å². The quantitative estimate of drug-likeness (QED) is 0.708. The van der Waals surface area contributed by atoms with Crippen LogP contribution in [0.15, 0.2) is 18.6 Å². The number of halogens is 2. The molecule has 0 saturated heterocycles. The second-order valence-corrected chi connectivity index (χ2v) is 4.22. The molecule has 0 saturated carbocycles. The van der Waals surface area contributed by atoms with Crippen LogP contribution in [0.4, 0.5) is 0 Å². The van der Waals surface area contributed by atoms with Crippen molar-refractivity contribution in [1.29, 1.82) is 0 Å². The van der Waals surface area contributed by atoms with E-state index >= 15 is 0 Å². The molecule has 3 nitrogen and oxygen atoms in total. The first kappa shape index (κ1) is 9.19. The van der Waals surface area contributed by atoms with E-state index in [0.29, 0.717) is 5.15 Å². The monoisotopic (exact) mass is 239 g/mol. The van der Waals surface area contributed by atoms with Gasteiger partial charge in [0.1, 0.15) is 11.8 Å². The van der Waals surface area contributed by atoms with Crippen LogP contribution < -0.4 is 0 Å². The van der Waals surface area contributed by atoms with Gasteiger partial charge in [0, 0.05) is 16.8 Å². The Morgan fingerprint density at radius 1 is 1.33 bits per heavy atom. The highest BCUT2D eigenvalue weighted by Crippen LogP contribution is 2.34. The molecular formula is C10H7Cl2N3. The lowest BCUT2D eigenvalue weighted by Gasteiger charge is -2.07. The van der Waals surface area contributed by atoms with E-state index in [2.05, 4.69) is 10.1 Å². The largest absolute Gasteiger partial charge is 0.235 e. The maximum atomic E-state index is 6.13. The van der Waals surface area contributed by atoms with Gasteiger partial charge in [-0.1, -0.05) is 29.3 Å². The Balaban J connectivity index is 2.43. The molecule has 0 bridgehead atoms. The summed E-state index contributed by atoms with van der Waals surface area (Å²) >= 11 is 12.2. The van der Waals surface area contributed by atoms with Crippen molar-refractivity contribution in [1.82, 2.24) is 14.6 Å². The first-order valence-electron chi connectivity index (χ1n) is 4.64. The Hall–Kier alpha value is -1.06. The minimum atomic E-state index is 0.484. The van der Waals surface area contributed by atoms with Crippen molar-refractivity contribution in [2.45, 2.75) is 12.8 Å². The molecule has 0 radical (unpaired) electrons. The van der Waals surface area contributed by atoms with Crippen LogP contribution in [-0.4, -0.2) is 14.6 Å². The van der Waals surface area contributed by atoms with Crippen molar-refractivity contribution < 1.29 is 0 Å². The first-order valence-corrected chi connectivity index (χ1v) is 5.39. The molecule has 0 spiro atoms. The molecule has 5 heteroatoms. The summed E-state index contributed by atoms with van der Waals surface area (Å²) < 4.78 is 1.74. The molecule has 0 unspecified atom stereocenters. The lowest BCUT2D eigenvalue weighted by molar-refractivity contribution is 0.898. The van der Waals surface area contributed by atoms with Crippen LogP contribution in [0, 0.1) is 0 Å². The summed E-state index contributed by atoms with van der Waals surface area (Å²) in [6.07, 6.45) is 7.24. The van der Waals surface area contributed by atoms with E-state index in [1.165, 1.54) is 6.33 Å². The lowest BCUT2D eigenvalue weighted by Crippen LogP contribution is -1.95.